The van der Waals surface area contributed by atoms with Crippen LogP contribution in [0.4, 0.5) is 0 Å². The van der Waals surface area contributed by atoms with E-state index in [0.29, 0.717) is 0 Å². The molecule has 0 aliphatic heterocycles. The number of ether oxygens (including phenoxy) is 1. The van der Waals surface area contributed by atoms with Crippen molar-refractivity contribution in [1.29, 1.82) is 0 Å². The summed E-state index contributed by atoms with van der Waals surface area (Å²) in [6, 6.07) is 30.5. The van der Waals surface area contributed by atoms with Crippen molar-refractivity contribution >= 4 is 5.90 Å². The molecule has 23 heavy (non-hydrogen) atoms. The highest BCUT2D eigenvalue weighted by atomic mass is 16.5. The third kappa shape index (κ3) is 4.07. The molecule has 0 spiro atoms. The monoisotopic (exact) mass is 302 g/mol. The van der Waals surface area contributed by atoms with Crippen molar-refractivity contribution in [2.24, 2.45) is 0 Å². The average Bonchev–Trinajstić information content (AvgIpc) is 2.62. The van der Waals surface area contributed by atoms with E-state index in [9.17, 15) is 0 Å². The van der Waals surface area contributed by atoms with Gasteiger partial charge in [0.1, 0.15) is 12.8 Å². The lowest BCUT2D eigenvalue weighted by Crippen LogP contribution is -2.24. The maximum Gasteiger partial charge on any atom is 0.375 e. The van der Waals surface area contributed by atoms with Crippen LogP contribution in [-0.4, -0.2) is 17.5 Å². The van der Waals surface area contributed by atoms with Crippen LogP contribution in [0.2, 0.25) is 0 Å². The van der Waals surface area contributed by atoms with Gasteiger partial charge in [-0.3, -0.25) is 0 Å². The van der Waals surface area contributed by atoms with Crippen molar-refractivity contribution in [3.05, 3.63) is 102 Å². The SMILES string of the molecule is C[N+](Cc1ccccc1)=C(Oc1ccccc1)c1ccccc1. The zero-order chi connectivity index (χ0) is 15.9. The van der Waals surface area contributed by atoms with Crippen LogP contribution in [0.25, 0.3) is 0 Å². The van der Waals surface area contributed by atoms with Crippen LogP contribution in [0.3, 0.4) is 0 Å². The van der Waals surface area contributed by atoms with Gasteiger partial charge in [-0.15, -0.1) is 0 Å². The molecule has 0 aromatic heterocycles. The second-order valence-corrected chi connectivity index (χ2v) is 5.43. The number of para-hydroxylation sites is 1. The lowest BCUT2D eigenvalue weighted by atomic mass is 10.2. The molecule has 2 nitrogen and oxygen atoms in total. The molecule has 0 atom stereocenters. The van der Waals surface area contributed by atoms with Crippen molar-refractivity contribution in [3.8, 4) is 5.75 Å². The quantitative estimate of drug-likeness (QED) is 0.396. The first-order chi connectivity index (χ1) is 11.3. The Labute approximate surface area is 137 Å². The van der Waals surface area contributed by atoms with E-state index in [4.69, 9.17) is 4.74 Å². The van der Waals surface area contributed by atoms with Crippen LogP contribution in [0, 0.1) is 0 Å². The summed E-state index contributed by atoms with van der Waals surface area (Å²) in [5.74, 6) is 1.69. The Morgan fingerprint density at radius 2 is 1.26 bits per heavy atom. The van der Waals surface area contributed by atoms with Crippen LogP contribution >= 0.6 is 0 Å². The highest BCUT2D eigenvalue weighted by Crippen LogP contribution is 2.13. The normalized spacial score (nSPS) is 11.7. The molecule has 0 aliphatic rings. The Hall–Kier alpha value is -2.87. The summed E-state index contributed by atoms with van der Waals surface area (Å²) < 4.78 is 8.31. The molecule has 3 aromatic rings. The van der Waals surface area contributed by atoms with Gasteiger partial charge in [0.2, 0.25) is 0 Å². The van der Waals surface area contributed by atoms with Crippen molar-refractivity contribution in [2.75, 3.05) is 7.05 Å². The second kappa shape index (κ2) is 7.41. The fourth-order valence-electron chi connectivity index (χ4n) is 2.47. The van der Waals surface area contributed by atoms with E-state index < -0.39 is 0 Å². The molecule has 0 heterocycles. The minimum absolute atomic E-state index is 0.790. The van der Waals surface area contributed by atoms with Gasteiger partial charge < -0.3 is 4.74 Å². The Morgan fingerprint density at radius 3 is 1.87 bits per heavy atom. The first-order valence-corrected chi connectivity index (χ1v) is 7.73. The van der Waals surface area contributed by atoms with Crippen molar-refractivity contribution in [3.63, 3.8) is 0 Å². The highest BCUT2D eigenvalue weighted by molar-refractivity contribution is 5.91. The summed E-state index contributed by atoms with van der Waals surface area (Å²) in [7, 11) is 2.05. The van der Waals surface area contributed by atoms with E-state index in [1.807, 2.05) is 54.6 Å². The lowest BCUT2D eigenvalue weighted by Gasteiger charge is -2.09. The summed E-state index contributed by atoms with van der Waals surface area (Å²) in [5, 5.41) is 0. The fraction of sp³-hybridized carbons (Fsp3) is 0.0952. The van der Waals surface area contributed by atoms with Gasteiger partial charge in [-0.05, 0) is 24.3 Å². The van der Waals surface area contributed by atoms with E-state index in [1.165, 1.54) is 5.56 Å². The molecule has 0 aliphatic carbocycles. The predicted molar refractivity (Wildman–Crippen MR) is 94.0 cm³/mol. The molecule has 0 unspecified atom stereocenters. The fourth-order valence-corrected chi connectivity index (χ4v) is 2.47. The van der Waals surface area contributed by atoms with Gasteiger partial charge in [0.05, 0.1) is 5.56 Å². The predicted octanol–water partition coefficient (Wildman–Crippen LogP) is 4.35. The Morgan fingerprint density at radius 1 is 0.739 bits per heavy atom. The van der Waals surface area contributed by atoms with E-state index in [1.54, 1.807) is 0 Å². The third-order valence-electron chi connectivity index (χ3n) is 3.59. The Bertz CT molecular complexity index is 765. The smallest absolute Gasteiger partial charge is 0.375 e. The summed E-state index contributed by atoms with van der Waals surface area (Å²) in [4.78, 5) is 0. The number of hydrogen-bond donors (Lipinski definition) is 0. The summed E-state index contributed by atoms with van der Waals surface area (Å²) in [6.07, 6.45) is 0. The average molecular weight is 302 g/mol. The van der Waals surface area contributed by atoms with Crippen LogP contribution in [0.5, 0.6) is 5.75 Å². The zero-order valence-corrected chi connectivity index (χ0v) is 13.2. The first kappa shape index (κ1) is 15.0. The van der Waals surface area contributed by atoms with Gasteiger partial charge in [-0.1, -0.05) is 66.7 Å². The molecular weight excluding hydrogens is 282 g/mol. The maximum absolute atomic E-state index is 6.18. The van der Waals surface area contributed by atoms with Crippen molar-refractivity contribution in [1.82, 2.24) is 0 Å². The number of rotatable bonds is 4. The van der Waals surface area contributed by atoms with Crippen LogP contribution in [0.15, 0.2) is 91.0 Å². The Kier molecular flexibility index (Phi) is 4.85. The summed E-state index contributed by atoms with van der Waals surface area (Å²) in [5.41, 5.74) is 2.31. The third-order valence-corrected chi connectivity index (χ3v) is 3.59. The standard InChI is InChI=1S/C21H20NO/c1-22(17-18-11-5-2-6-12-18)21(19-13-7-3-8-14-19)23-20-15-9-4-10-16-20/h2-16H,17H2,1H3/q+1. The first-order valence-electron chi connectivity index (χ1n) is 7.73. The van der Waals surface area contributed by atoms with Gasteiger partial charge >= 0.3 is 5.90 Å². The Balaban J connectivity index is 1.95. The number of benzene rings is 3. The molecule has 0 amide bonds. The molecule has 0 saturated heterocycles. The minimum Gasteiger partial charge on any atom is -0.405 e. The second-order valence-electron chi connectivity index (χ2n) is 5.43. The number of hydrogen-bond acceptors (Lipinski definition) is 1. The van der Waals surface area contributed by atoms with Gasteiger partial charge in [-0.2, -0.15) is 4.58 Å². The summed E-state index contributed by atoms with van der Waals surface area (Å²) >= 11 is 0. The van der Waals surface area contributed by atoms with Crippen LogP contribution in [-0.2, 0) is 6.54 Å². The van der Waals surface area contributed by atoms with Gasteiger partial charge in [0.15, 0.2) is 6.54 Å². The number of nitrogens with zero attached hydrogens (tertiary/aromatic N) is 1. The minimum atomic E-state index is 0.790. The highest BCUT2D eigenvalue weighted by Gasteiger charge is 2.17. The molecule has 0 bridgehead atoms. The molecule has 2 heteroatoms. The largest absolute Gasteiger partial charge is 0.405 e. The van der Waals surface area contributed by atoms with Gasteiger partial charge in [0.25, 0.3) is 0 Å². The van der Waals surface area contributed by atoms with Crippen molar-refractivity contribution < 1.29 is 9.31 Å². The molecular formula is C21H20NO+. The molecule has 114 valence electrons. The zero-order valence-electron chi connectivity index (χ0n) is 13.2. The van der Waals surface area contributed by atoms with E-state index >= 15 is 0 Å². The van der Waals surface area contributed by atoms with Gasteiger partial charge in [-0.25, -0.2) is 0 Å². The van der Waals surface area contributed by atoms with Crippen LogP contribution in [0.1, 0.15) is 11.1 Å². The van der Waals surface area contributed by atoms with E-state index in [2.05, 4.69) is 48.0 Å². The molecule has 0 saturated carbocycles. The molecule has 3 rings (SSSR count). The van der Waals surface area contributed by atoms with Crippen LogP contribution < -0.4 is 4.74 Å². The van der Waals surface area contributed by atoms with Gasteiger partial charge in [0, 0.05) is 5.56 Å². The molecule has 0 fully saturated rings. The van der Waals surface area contributed by atoms with E-state index in [-0.39, 0.29) is 0 Å². The maximum atomic E-state index is 6.18. The topological polar surface area (TPSA) is 12.2 Å². The summed E-state index contributed by atoms with van der Waals surface area (Å²) in [6.45, 7) is 0.790. The lowest BCUT2D eigenvalue weighted by molar-refractivity contribution is -0.520. The molecule has 3 aromatic carbocycles. The molecule has 0 radical (unpaired) electrons. The van der Waals surface area contributed by atoms with E-state index in [0.717, 1.165) is 23.8 Å². The molecule has 0 N–H and O–H groups in total. The van der Waals surface area contributed by atoms with Crippen molar-refractivity contribution in [2.45, 2.75) is 6.54 Å².